The zero-order chi connectivity index (χ0) is 13.0. The van der Waals surface area contributed by atoms with E-state index in [4.69, 9.17) is 5.11 Å². The van der Waals surface area contributed by atoms with Crippen molar-refractivity contribution in [2.75, 3.05) is 6.54 Å². The topological polar surface area (TPSA) is 78.4 Å². The minimum atomic E-state index is -0.986. The molecule has 0 aromatic heterocycles. The molecule has 1 aromatic carbocycles. The molecule has 1 amide bonds. The lowest BCUT2D eigenvalue weighted by Crippen LogP contribution is -2.39. The third-order valence-electron chi connectivity index (χ3n) is 2.79. The highest BCUT2D eigenvalue weighted by Crippen LogP contribution is 2.18. The Bertz CT molecular complexity index is 429. The molecule has 1 aliphatic rings. The lowest BCUT2D eigenvalue weighted by atomic mass is 10.1. The summed E-state index contributed by atoms with van der Waals surface area (Å²) in [5, 5.41) is 14.7. The second-order valence-electron chi connectivity index (χ2n) is 4.40. The predicted octanol–water partition coefficient (Wildman–Crippen LogP) is 0.680. The van der Waals surface area contributed by atoms with E-state index in [9.17, 15) is 9.59 Å². The Morgan fingerprint density at radius 1 is 1.28 bits per heavy atom. The Morgan fingerprint density at radius 2 is 1.94 bits per heavy atom. The number of aliphatic carboxylic acids is 1. The van der Waals surface area contributed by atoms with Crippen LogP contribution in [-0.4, -0.2) is 29.6 Å². The molecule has 0 bridgehead atoms. The second kappa shape index (κ2) is 5.64. The van der Waals surface area contributed by atoms with Crippen molar-refractivity contribution in [1.29, 1.82) is 0 Å². The number of carboxylic acid groups (broad SMARTS) is 1. The third-order valence-corrected chi connectivity index (χ3v) is 2.79. The monoisotopic (exact) mass is 248 g/mol. The van der Waals surface area contributed by atoms with Crippen LogP contribution >= 0.6 is 0 Å². The largest absolute Gasteiger partial charge is 0.480 e. The average molecular weight is 248 g/mol. The fraction of sp³-hybridized carbons (Fsp3) is 0.385. The molecular weight excluding hydrogens is 232 g/mol. The van der Waals surface area contributed by atoms with Gasteiger partial charge in [0.1, 0.15) is 6.04 Å². The van der Waals surface area contributed by atoms with Crippen molar-refractivity contribution in [3.63, 3.8) is 0 Å². The molecule has 0 radical (unpaired) electrons. The number of carboxylic acids is 1. The van der Waals surface area contributed by atoms with Crippen LogP contribution in [0.5, 0.6) is 0 Å². The number of carbonyl (C=O) groups is 2. The molecule has 0 spiro atoms. The highest BCUT2D eigenvalue weighted by atomic mass is 16.4. The fourth-order valence-electron chi connectivity index (χ4n) is 1.69. The number of amides is 1. The number of hydrogen-bond acceptors (Lipinski definition) is 3. The molecule has 1 unspecified atom stereocenters. The van der Waals surface area contributed by atoms with Gasteiger partial charge in [0.15, 0.2) is 0 Å². The van der Waals surface area contributed by atoms with Gasteiger partial charge in [-0.15, -0.1) is 0 Å². The molecule has 96 valence electrons. The summed E-state index contributed by atoms with van der Waals surface area (Å²) in [5.41, 5.74) is 0.643. The first-order valence-corrected chi connectivity index (χ1v) is 5.97. The van der Waals surface area contributed by atoms with E-state index in [0.717, 1.165) is 12.8 Å². The molecule has 1 saturated carbocycles. The van der Waals surface area contributed by atoms with E-state index in [-0.39, 0.29) is 12.5 Å². The van der Waals surface area contributed by atoms with Gasteiger partial charge >= 0.3 is 5.97 Å². The maximum absolute atomic E-state index is 11.5. The minimum absolute atomic E-state index is 0.0162. The summed E-state index contributed by atoms with van der Waals surface area (Å²) in [7, 11) is 0. The van der Waals surface area contributed by atoms with Gasteiger partial charge in [0.25, 0.3) is 0 Å². The summed E-state index contributed by atoms with van der Waals surface area (Å²) in [6, 6.07) is 8.27. The molecule has 3 N–H and O–H groups in total. The molecule has 18 heavy (non-hydrogen) atoms. The Hall–Kier alpha value is -1.88. The quantitative estimate of drug-likeness (QED) is 0.691. The molecule has 0 heterocycles. The summed E-state index contributed by atoms with van der Waals surface area (Å²) in [6.45, 7) is 0.0162. The normalized spacial score (nSPS) is 16.0. The zero-order valence-electron chi connectivity index (χ0n) is 9.93. The predicted molar refractivity (Wildman–Crippen MR) is 66.0 cm³/mol. The summed E-state index contributed by atoms with van der Waals surface area (Å²) in [5.74, 6) is -1.14. The summed E-state index contributed by atoms with van der Waals surface area (Å²) in [4.78, 5) is 22.6. The smallest absolute Gasteiger partial charge is 0.325 e. The molecule has 1 aromatic rings. The molecular formula is C13H16N2O3. The van der Waals surface area contributed by atoms with Crippen LogP contribution in [0.4, 0.5) is 0 Å². The van der Waals surface area contributed by atoms with E-state index in [2.05, 4.69) is 10.6 Å². The van der Waals surface area contributed by atoms with E-state index in [1.54, 1.807) is 24.3 Å². The molecule has 5 nitrogen and oxygen atoms in total. The van der Waals surface area contributed by atoms with E-state index < -0.39 is 12.0 Å². The molecule has 0 saturated heterocycles. The van der Waals surface area contributed by atoms with Gasteiger partial charge in [-0.05, 0) is 18.4 Å². The van der Waals surface area contributed by atoms with Gasteiger partial charge in [0, 0.05) is 6.04 Å². The van der Waals surface area contributed by atoms with Crippen LogP contribution in [0.15, 0.2) is 30.3 Å². The molecule has 5 heteroatoms. The maximum Gasteiger partial charge on any atom is 0.325 e. The van der Waals surface area contributed by atoms with E-state index in [0.29, 0.717) is 11.6 Å². The van der Waals surface area contributed by atoms with Crippen molar-refractivity contribution in [1.82, 2.24) is 10.6 Å². The van der Waals surface area contributed by atoms with Gasteiger partial charge in [0.05, 0.1) is 6.54 Å². The van der Waals surface area contributed by atoms with Gasteiger partial charge in [-0.1, -0.05) is 30.3 Å². The van der Waals surface area contributed by atoms with Gasteiger partial charge in [-0.2, -0.15) is 0 Å². The third kappa shape index (κ3) is 3.56. The lowest BCUT2D eigenvalue weighted by Gasteiger charge is -2.14. The molecule has 1 aliphatic carbocycles. The SMILES string of the molecule is O=C(CNC(C(=O)O)c1ccccc1)NC1CC1. The average Bonchev–Trinajstić information content (AvgIpc) is 3.14. The lowest BCUT2D eigenvalue weighted by molar-refractivity contribution is -0.139. The number of hydrogen-bond donors (Lipinski definition) is 3. The Balaban J connectivity index is 1.90. The summed E-state index contributed by atoms with van der Waals surface area (Å²) < 4.78 is 0. The van der Waals surface area contributed by atoms with Crippen molar-refractivity contribution < 1.29 is 14.7 Å². The van der Waals surface area contributed by atoms with Crippen molar-refractivity contribution in [2.45, 2.75) is 24.9 Å². The van der Waals surface area contributed by atoms with Gasteiger partial charge in [-0.25, -0.2) is 0 Å². The highest BCUT2D eigenvalue weighted by Gasteiger charge is 2.24. The van der Waals surface area contributed by atoms with Crippen molar-refractivity contribution in [3.05, 3.63) is 35.9 Å². The summed E-state index contributed by atoms with van der Waals surface area (Å²) in [6.07, 6.45) is 2.04. The first kappa shape index (κ1) is 12.6. The van der Waals surface area contributed by atoms with E-state index >= 15 is 0 Å². The molecule has 2 rings (SSSR count). The Labute approximate surface area is 105 Å². The van der Waals surface area contributed by atoms with Crippen LogP contribution in [0.3, 0.4) is 0 Å². The van der Waals surface area contributed by atoms with Crippen molar-refractivity contribution in [3.8, 4) is 0 Å². The van der Waals surface area contributed by atoms with Crippen LogP contribution < -0.4 is 10.6 Å². The molecule has 0 aliphatic heterocycles. The minimum Gasteiger partial charge on any atom is -0.480 e. The van der Waals surface area contributed by atoms with Crippen LogP contribution in [0, 0.1) is 0 Å². The van der Waals surface area contributed by atoms with E-state index in [1.807, 2.05) is 6.07 Å². The molecule has 1 fully saturated rings. The van der Waals surface area contributed by atoms with Crippen molar-refractivity contribution >= 4 is 11.9 Å². The number of benzene rings is 1. The van der Waals surface area contributed by atoms with Crippen LogP contribution in [0.25, 0.3) is 0 Å². The van der Waals surface area contributed by atoms with Gasteiger partial charge in [0.2, 0.25) is 5.91 Å². The number of nitrogens with one attached hydrogen (secondary N) is 2. The van der Waals surface area contributed by atoms with Crippen LogP contribution in [-0.2, 0) is 9.59 Å². The molecule has 1 atom stereocenters. The number of carbonyl (C=O) groups excluding carboxylic acids is 1. The van der Waals surface area contributed by atoms with E-state index in [1.165, 1.54) is 0 Å². The van der Waals surface area contributed by atoms with Crippen LogP contribution in [0.2, 0.25) is 0 Å². The van der Waals surface area contributed by atoms with Gasteiger partial charge in [-0.3, -0.25) is 14.9 Å². The Morgan fingerprint density at radius 3 is 2.50 bits per heavy atom. The van der Waals surface area contributed by atoms with Crippen LogP contribution in [0.1, 0.15) is 24.4 Å². The first-order chi connectivity index (χ1) is 8.66. The standard InChI is InChI=1S/C13H16N2O3/c16-11(15-10-6-7-10)8-14-12(13(17)18)9-4-2-1-3-5-9/h1-5,10,12,14H,6-8H2,(H,15,16)(H,17,18). The van der Waals surface area contributed by atoms with Gasteiger partial charge < -0.3 is 10.4 Å². The Kier molecular flexibility index (Phi) is 3.94. The zero-order valence-corrected chi connectivity index (χ0v) is 9.93. The maximum atomic E-state index is 11.5. The number of rotatable bonds is 6. The fourth-order valence-corrected chi connectivity index (χ4v) is 1.69. The summed E-state index contributed by atoms with van der Waals surface area (Å²) >= 11 is 0. The first-order valence-electron chi connectivity index (χ1n) is 5.97. The second-order valence-corrected chi connectivity index (χ2v) is 4.40. The highest BCUT2D eigenvalue weighted by molar-refractivity contribution is 5.80. The van der Waals surface area contributed by atoms with Crippen molar-refractivity contribution in [2.24, 2.45) is 0 Å².